The molecule has 2 saturated heterocycles. The zero-order chi connectivity index (χ0) is 26.7. The molecule has 0 aliphatic carbocycles. The first-order valence-corrected chi connectivity index (χ1v) is 12.0. The normalized spacial score (nSPS) is 26.9. The summed E-state index contributed by atoms with van der Waals surface area (Å²) < 4.78 is 62.1. The molecular weight excluding hydrogens is 492 g/mol. The number of nitrogens with two attached hydrogens (primary N) is 1. The lowest BCUT2D eigenvalue weighted by molar-refractivity contribution is -0.207. The lowest BCUT2D eigenvalue weighted by atomic mass is 9.81. The van der Waals surface area contributed by atoms with Crippen LogP contribution in [0.3, 0.4) is 0 Å². The Kier molecular flexibility index (Phi) is 7.57. The number of halogens is 4. The number of hydrogen-bond donors (Lipinski definition) is 4. The molecule has 0 amide bonds. The van der Waals surface area contributed by atoms with Crippen LogP contribution in [0.15, 0.2) is 46.3 Å². The molecule has 0 saturated carbocycles. The fourth-order valence-corrected chi connectivity index (χ4v) is 4.96. The number of pyridine rings is 1. The van der Waals surface area contributed by atoms with E-state index in [0.717, 1.165) is 0 Å². The van der Waals surface area contributed by atoms with Crippen molar-refractivity contribution in [2.75, 3.05) is 25.1 Å². The van der Waals surface area contributed by atoms with Crippen LogP contribution < -0.4 is 21.9 Å². The molecule has 198 valence electrons. The van der Waals surface area contributed by atoms with E-state index in [0.29, 0.717) is 12.8 Å². The quantitative estimate of drug-likeness (QED) is 0.261. The molecule has 8 nitrogen and oxygen atoms in total. The molecule has 2 aliphatic heterocycles. The maximum absolute atomic E-state index is 14.9. The number of nitrogens with one attached hydrogen (secondary N) is 3. The predicted octanol–water partition coefficient (Wildman–Crippen LogP) is 3.77. The number of hydrogen-bond acceptors (Lipinski definition) is 6. The van der Waals surface area contributed by atoms with Crippen molar-refractivity contribution in [3.05, 3.63) is 58.0 Å². The molecule has 0 bridgehead atoms. The average Bonchev–Trinajstić information content (AvgIpc) is 2.86. The van der Waals surface area contributed by atoms with E-state index in [1.54, 1.807) is 0 Å². The first kappa shape index (κ1) is 26.6. The zero-order valence-electron chi connectivity index (χ0n) is 20.0. The van der Waals surface area contributed by atoms with Crippen LogP contribution in [0.5, 0.6) is 0 Å². The Morgan fingerprint density at radius 1 is 1.24 bits per heavy atom. The van der Waals surface area contributed by atoms with Gasteiger partial charge in [-0.15, -0.1) is 0 Å². The zero-order valence-corrected chi connectivity index (χ0v) is 20.0. The van der Waals surface area contributed by atoms with Crippen LogP contribution in [0, 0.1) is 11.3 Å². The van der Waals surface area contributed by atoms with E-state index >= 15 is 0 Å². The summed E-state index contributed by atoms with van der Waals surface area (Å²) in [7, 11) is 0. The Balaban J connectivity index is 1.66. The Morgan fingerprint density at radius 2 is 2.00 bits per heavy atom. The molecule has 0 spiro atoms. The molecule has 1 aromatic carbocycles. The minimum Gasteiger partial charge on any atom is -0.383 e. The predicted molar refractivity (Wildman–Crippen MR) is 130 cm³/mol. The number of anilines is 1. The topological polar surface area (TPSA) is 128 Å². The average molecular weight is 521 g/mol. The van der Waals surface area contributed by atoms with E-state index in [4.69, 9.17) is 10.5 Å². The van der Waals surface area contributed by atoms with Gasteiger partial charge in [0.15, 0.2) is 0 Å². The second-order valence-corrected chi connectivity index (χ2v) is 9.33. The summed E-state index contributed by atoms with van der Waals surface area (Å²) in [5.74, 6) is -0.215. The van der Waals surface area contributed by atoms with Crippen molar-refractivity contribution < 1.29 is 22.3 Å². The summed E-state index contributed by atoms with van der Waals surface area (Å²) >= 11 is 0. The van der Waals surface area contributed by atoms with Gasteiger partial charge in [0.05, 0.1) is 36.0 Å². The van der Waals surface area contributed by atoms with Crippen molar-refractivity contribution in [1.82, 2.24) is 10.3 Å². The van der Waals surface area contributed by atoms with E-state index in [1.807, 2.05) is 6.07 Å². The van der Waals surface area contributed by atoms with Crippen LogP contribution in [-0.4, -0.2) is 48.5 Å². The number of nitriles is 1. The molecule has 37 heavy (non-hydrogen) atoms. The van der Waals surface area contributed by atoms with Gasteiger partial charge in [-0.3, -0.25) is 10.1 Å². The second kappa shape index (κ2) is 10.5. The first-order chi connectivity index (χ1) is 17.6. The maximum atomic E-state index is 14.9. The minimum atomic E-state index is -4.48. The van der Waals surface area contributed by atoms with Crippen LogP contribution in [0.25, 0.3) is 0 Å². The SMILES string of the molecule is N#CC[C@@]1(Nc2cc[nH]c(=O)c2C(N)=Nc2ccc([C@]3(C(F)(F)F)CCCCN3)cc2)CCOC[C@@H]1F. The largest absolute Gasteiger partial charge is 0.410 e. The maximum Gasteiger partial charge on any atom is 0.410 e. The third-order valence-corrected chi connectivity index (χ3v) is 7.05. The number of alkyl halides is 4. The summed E-state index contributed by atoms with van der Waals surface area (Å²) in [4.78, 5) is 19.4. The van der Waals surface area contributed by atoms with Gasteiger partial charge in [0.1, 0.15) is 23.1 Å². The molecule has 4 rings (SSSR count). The van der Waals surface area contributed by atoms with E-state index in [1.165, 1.54) is 36.5 Å². The molecule has 12 heteroatoms. The van der Waals surface area contributed by atoms with Gasteiger partial charge in [0, 0.05) is 12.8 Å². The lowest BCUT2D eigenvalue weighted by Gasteiger charge is -2.40. The number of piperidine rings is 1. The van der Waals surface area contributed by atoms with Crippen molar-refractivity contribution in [3.63, 3.8) is 0 Å². The fourth-order valence-electron chi connectivity index (χ4n) is 4.96. The van der Waals surface area contributed by atoms with Crippen LogP contribution in [0.2, 0.25) is 0 Å². The van der Waals surface area contributed by atoms with E-state index in [9.17, 15) is 27.6 Å². The number of aliphatic imine (C=N–C) groups is 1. The summed E-state index contributed by atoms with van der Waals surface area (Å²) in [6.45, 7) is 0.299. The van der Waals surface area contributed by atoms with Gasteiger partial charge >= 0.3 is 6.18 Å². The summed E-state index contributed by atoms with van der Waals surface area (Å²) in [6.07, 6.45) is -3.55. The van der Waals surface area contributed by atoms with Crippen LogP contribution in [-0.2, 0) is 10.3 Å². The minimum absolute atomic E-state index is 0.0664. The van der Waals surface area contributed by atoms with Gasteiger partial charge in [-0.1, -0.05) is 12.1 Å². The lowest BCUT2D eigenvalue weighted by Crippen LogP contribution is -2.56. The number of ether oxygens (including phenoxy) is 1. The number of aromatic amines is 1. The van der Waals surface area contributed by atoms with E-state index in [-0.39, 0.29) is 67.4 Å². The summed E-state index contributed by atoms with van der Waals surface area (Å²) in [5.41, 5.74) is 2.60. The van der Waals surface area contributed by atoms with Gasteiger partial charge in [-0.05, 0) is 56.0 Å². The molecule has 0 unspecified atom stereocenters. The van der Waals surface area contributed by atoms with Crippen LogP contribution in [0.4, 0.5) is 28.9 Å². The highest BCUT2D eigenvalue weighted by Crippen LogP contribution is 2.44. The third kappa shape index (κ3) is 5.19. The molecule has 2 fully saturated rings. The van der Waals surface area contributed by atoms with Crippen molar-refractivity contribution in [2.24, 2.45) is 10.7 Å². The molecule has 2 aliphatic rings. The molecule has 3 heterocycles. The monoisotopic (exact) mass is 520 g/mol. The van der Waals surface area contributed by atoms with Gasteiger partial charge in [0.25, 0.3) is 5.56 Å². The van der Waals surface area contributed by atoms with Gasteiger partial charge in [-0.25, -0.2) is 9.38 Å². The third-order valence-electron chi connectivity index (χ3n) is 7.05. The number of rotatable bonds is 6. The van der Waals surface area contributed by atoms with Crippen LogP contribution in [0.1, 0.15) is 43.2 Å². The fraction of sp³-hybridized carbons (Fsp3) is 0.480. The Hall–Kier alpha value is -3.43. The summed E-state index contributed by atoms with van der Waals surface area (Å²) in [6, 6.07) is 8.99. The van der Waals surface area contributed by atoms with Crippen molar-refractivity contribution in [3.8, 4) is 6.07 Å². The Morgan fingerprint density at radius 3 is 2.62 bits per heavy atom. The van der Waals surface area contributed by atoms with Gasteiger partial charge in [0.2, 0.25) is 0 Å². The molecule has 5 N–H and O–H groups in total. The van der Waals surface area contributed by atoms with Crippen LogP contribution >= 0.6 is 0 Å². The van der Waals surface area contributed by atoms with Gasteiger partial charge in [-0.2, -0.15) is 18.4 Å². The number of H-pyrrole nitrogens is 1. The molecule has 1 aromatic heterocycles. The molecule has 0 radical (unpaired) electrons. The van der Waals surface area contributed by atoms with E-state index in [2.05, 4.69) is 20.6 Å². The highest BCUT2D eigenvalue weighted by Gasteiger charge is 2.56. The smallest absolute Gasteiger partial charge is 0.383 e. The molecular formula is C25H28F4N6O2. The number of amidine groups is 1. The second-order valence-electron chi connectivity index (χ2n) is 9.33. The summed E-state index contributed by atoms with van der Waals surface area (Å²) in [5, 5.41) is 15.0. The number of benzene rings is 1. The number of aromatic nitrogens is 1. The van der Waals surface area contributed by atoms with E-state index < -0.39 is 29.0 Å². The van der Waals surface area contributed by atoms with Crippen molar-refractivity contribution in [1.29, 1.82) is 5.26 Å². The Bertz CT molecular complexity index is 1230. The van der Waals surface area contributed by atoms with Gasteiger partial charge < -0.3 is 20.8 Å². The standard InChI is InChI=1S/C25H28F4N6O2/c26-19-15-37-14-10-23(19,9-11-30)35-18-7-13-32-22(36)20(18)21(31)34-17-5-3-16(4-6-17)24(25(27,28)29)8-1-2-12-33-24/h3-7,13,19,33H,1-2,8-10,12,14-15H2,(H2,31,34)(H2,32,35,36)/t19-,23+,24-/m0/s1. The highest BCUT2D eigenvalue weighted by atomic mass is 19.4. The van der Waals surface area contributed by atoms with Crippen molar-refractivity contribution >= 4 is 17.2 Å². The van der Waals surface area contributed by atoms with Crippen molar-refractivity contribution in [2.45, 2.75) is 55.5 Å². The first-order valence-electron chi connectivity index (χ1n) is 12.0. The molecule has 2 aromatic rings. The Labute approximate surface area is 210 Å². The molecule has 3 atom stereocenters. The highest BCUT2D eigenvalue weighted by molar-refractivity contribution is 6.03. The number of nitrogens with zero attached hydrogens (tertiary/aromatic N) is 2.